The molecule has 0 aromatic carbocycles. The summed E-state index contributed by atoms with van der Waals surface area (Å²) in [6, 6.07) is 0. The van der Waals surface area contributed by atoms with Crippen LogP contribution >= 0.6 is 11.3 Å². The zero-order valence-corrected chi connectivity index (χ0v) is 21.3. The van der Waals surface area contributed by atoms with Crippen molar-refractivity contribution in [2.75, 3.05) is 0 Å². The Balaban J connectivity index is 1.27. The highest BCUT2D eigenvalue weighted by atomic mass is 32.1. The number of aromatic nitrogens is 1. The molecular formula is C27H42N2O3S. The molecule has 0 saturated heterocycles. The fraction of sp³-hybridized carbons (Fsp3) is 0.852. The number of aliphatic hydroxyl groups excluding tert-OH is 2. The highest BCUT2D eigenvalue weighted by Gasteiger charge is 2.62. The van der Waals surface area contributed by atoms with Crippen molar-refractivity contribution in [2.24, 2.45) is 46.3 Å². The zero-order chi connectivity index (χ0) is 23.4. The lowest BCUT2D eigenvalue weighted by Gasteiger charge is -2.62. The van der Waals surface area contributed by atoms with E-state index in [2.05, 4.69) is 31.1 Å². The van der Waals surface area contributed by atoms with Gasteiger partial charge in [-0.3, -0.25) is 4.79 Å². The molecule has 10 atom stereocenters. The minimum atomic E-state index is -0.237. The largest absolute Gasteiger partial charge is 0.393 e. The Kier molecular flexibility index (Phi) is 6.41. The van der Waals surface area contributed by atoms with Crippen LogP contribution in [-0.4, -0.2) is 33.3 Å². The number of carbonyl (C=O) groups excluding carboxylic acids is 1. The monoisotopic (exact) mass is 474 g/mol. The van der Waals surface area contributed by atoms with Crippen molar-refractivity contribution in [2.45, 2.75) is 97.3 Å². The van der Waals surface area contributed by atoms with E-state index in [9.17, 15) is 15.0 Å². The molecule has 184 valence electrons. The lowest BCUT2D eigenvalue weighted by atomic mass is 9.43. The third-order valence-electron chi connectivity index (χ3n) is 10.8. The van der Waals surface area contributed by atoms with E-state index in [-0.39, 0.29) is 28.9 Å². The number of hydrogen-bond donors (Lipinski definition) is 3. The highest BCUT2D eigenvalue weighted by Crippen LogP contribution is 2.68. The Labute approximate surface area is 202 Å². The minimum Gasteiger partial charge on any atom is -0.393 e. The summed E-state index contributed by atoms with van der Waals surface area (Å²) in [6.07, 6.45) is 10.5. The number of amides is 1. The maximum atomic E-state index is 12.7. The van der Waals surface area contributed by atoms with Crippen molar-refractivity contribution in [3.05, 3.63) is 16.6 Å². The summed E-state index contributed by atoms with van der Waals surface area (Å²) in [6.45, 7) is 7.74. The molecule has 5 rings (SSSR count). The van der Waals surface area contributed by atoms with Crippen molar-refractivity contribution in [1.82, 2.24) is 10.3 Å². The van der Waals surface area contributed by atoms with E-state index >= 15 is 0 Å². The van der Waals surface area contributed by atoms with Gasteiger partial charge in [0.1, 0.15) is 5.01 Å². The number of nitrogens with one attached hydrogen (secondary N) is 1. The molecular weight excluding hydrogens is 432 g/mol. The molecule has 4 aliphatic rings. The van der Waals surface area contributed by atoms with Gasteiger partial charge in [-0.25, -0.2) is 4.98 Å². The van der Waals surface area contributed by atoms with E-state index in [0.29, 0.717) is 48.5 Å². The second kappa shape index (κ2) is 8.91. The van der Waals surface area contributed by atoms with E-state index in [1.807, 2.05) is 5.38 Å². The van der Waals surface area contributed by atoms with Crippen molar-refractivity contribution in [1.29, 1.82) is 0 Å². The molecule has 1 unspecified atom stereocenters. The minimum absolute atomic E-state index is 0.132. The van der Waals surface area contributed by atoms with Gasteiger partial charge < -0.3 is 15.5 Å². The number of hydrogen-bond acceptors (Lipinski definition) is 5. The number of rotatable bonds is 5. The Morgan fingerprint density at radius 2 is 1.91 bits per heavy atom. The summed E-state index contributed by atoms with van der Waals surface area (Å²) in [7, 11) is 0. The number of carbonyl (C=O) groups is 1. The summed E-state index contributed by atoms with van der Waals surface area (Å²) in [4.78, 5) is 16.9. The standard InChI is InChI=1S/C27H42N2O3S/c1-16(12-23(32)29-15-24-28-10-11-33-24)19-4-5-20-25-21(7-9-27(19,20)3)26(2)8-6-18(30)13-17(26)14-22(25)31/h10-11,16-22,25,30-31H,4-9,12-15H2,1-3H3,(H,29,32)/t16-,17+,18-,19?,20+,21+,22-,25+,26+,27-/m1/s1. The van der Waals surface area contributed by atoms with Gasteiger partial charge in [0.15, 0.2) is 0 Å². The third-order valence-corrected chi connectivity index (χ3v) is 11.6. The predicted octanol–water partition coefficient (Wildman–Crippen LogP) is 4.78. The highest BCUT2D eigenvalue weighted by molar-refractivity contribution is 7.09. The van der Waals surface area contributed by atoms with Crippen LogP contribution in [0.1, 0.15) is 83.6 Å². The maximum Gasteiger partial charge on any atom is 0.220 e. The molecule has 3 N–H and O–H groups in total. The van der Waals surface area contributed by atoms with Gasteiger partial charge in [-0.1, -0.05) is 20.8 Å². The summed E-state index contributed by atoms with van der Waals surface area (Å²) >= 11 is 1.58. The molecule has 1 amide bonds. The molecule has 0 spiro atoms. The molecule has 0 radical (unpaired) electrons. The van der Waals surface area contributed by atoms with Crippen molar-refractivity contribution >= 4 is 17.2 Å². The Morgan fingerprint density at radius 1 is 1.15 bits per heavy atom. The number of thiazole rings is 1. The Bertz CT molecular complexity index is 846. The summed E-state index contributed by atoms with van der Waals surface area (Å²) < 4.78 is 0. The lowest BCUT2D eigenvalue weighted by Crippen LogP contribution is -2.58. The van der Waals surface area contributed by atoms with Gasteiger partial charge in [-0.15, -0.1) is 11.3 Å². The first-order valence-electron chi connectivity index (χ1n) is 13.2. The molecule has 4 saturated carbocycles. The maximum absolute atomic E-state index is 12.7. The van der Waals surface area contributed by atoms with Gasteiger partial charge in [-0.05, 0) is 97.7 Å². The van der Waals surface area contributed by atoms with Crippen molar-refractivity contribution in [3.8, 4) is 0 Å². The van der Waals surface area contributed by atoms with Gasteiger partial charge >= 0.3 is 0 Å². The molecule has 1 aromatic heterocycles. The molecule has 5 nitrogen and oxygen atoms in total. The summed E-state index contributed by atoms with van der Waals surface area (Å²) in [5, 5.41) is 27.6. The van der Waals surface area contributed by atoms with Crippen LogP contribution in [0.3, 0.4) is 0 Å². The van der Waals surface area contributed by atoms with Gasteiger partial charge in [-0.2, -0.15) is 0 Å². The van der Waals surface area contributed by atoms with Gasteiger partial charge in [0, 0.05) is 18.0 Å². The molecule has 0 bridgehead atoms. The average Bonchev–Trinajstić information content (AvgIpc) is 3.41. The molecule has 6 heteroatoms. The fourth-order valence-electron chi connectivity index (χ4n) is 9.20. The Hall–Kier alpha value is -0.980. The molecule has 4 fully saturated rings. The van der Waals surface area contributed by atoms with Crippen molar-refractivity contribution < 1.29 is 15.0 Å². The number of fused-ring (bicyclic) bond motifs is 5. The second-order valence-electron chi connectivity index (χ2n) is 12.3. The molecule has 0 aliphatic heterocycles. The van der Waals surface area contributed by atoms with E-state index in [0.717, 1.165) is 30.7 Å². The number of nitrogens with zero attached hydrogens (tertiary/aromatic N) is 1. The van der Waals surface area contributed by atoms with Crippen LogP contribution in [0.5, 0.6) is 0 Å². The Morgan fingerprint density at radius 3 is 2.67 bits per heavy atom. The first kappa shape index (κ1) is 23.7. The third kappa shape index (κ3) is 4.08. The van der Waals surface area contributed by atoms with E-state index in [1.54, 1.807) is 17.5 Å². The first-order valence-corrected chi connectivity index (χ1v) is 14.1. The van der Waals surface area contributed by atoms with Crippen LogP contribution in [0, 0.1) is 46.3 Å². The van der Waals surface area contributed by atoms with Crippen LogP contribution in [0.2, 0.25) is 0 Å². The van der Waals surface area contributed by atoms with Gasteiger partial charge in [0.25, 0.3) is 0 Å². The molecule has 1 heterocycles. The van der Waals surface area contributed by atoms with Gasteiger partial charge in [0.2, 0.25) is 5.91 Å². The van der Waals surface area contributed by atoms with E-state index in [4.69, 9.17) is 0 Å². The van der Waals surface area contributed by atoms with Crippen LogP contribution < -0.4 is 5.32 Å². The van der Waals surface area contributed by atoms with Crippen LogP contribution in [0.4, 0.5) is 0 Å². The van der Waals surface area contributed by atoms with Gasteiger partial charge in [0.05, 0.1) is 18.8 Å². The van der Waals surface area contributed by atoms with E-state index < -0.39 is 0 Å². The smallest absolute Gasteiger partial charge is 0.220 e. The summed E-state index contributed by atoms with van der Waals surface area (Å²) in [5.41, 5.74) is 0.485. The SMILES string of the molecule is C[C@H](CC(=O)NCc1nccs1)C1CC[C@H]2[C@@H]3[C@H](O)C[C@@H]4C[C@H](O)CC[C@]4(C)[C@H]3CC[C@]12C. The molecule has 33 heavy (non-hydrogen) atoms. The normalized spacial score (nSPS) is 45.5. The average molecular weight is 475 g/mol. The topological polar surface area (TPSA) is 82.5 Å². The first-order chi connectivity index (χ1) is 15.7. The quantitative estimate of drug-likeness (QED) is 0.574. The fourth-order valence-corrected chi connectivity index (χ4v) is 9.75. The molecule has 1 aromatic rings. The second-order valence-corrected chi connectivity index (χ2v) is 13.3. The van der Waals surface area contributed by atoms with Crippen LogP contribution in [0.15, 0.2) is 11.6 Å². The lowest BCUT2D eigenvalue weighted by molar-refractivity contribution is -0.174. The van der Waals surface area contributed by atoms with Crippen molar-refractivity contribution in [3.63, 3.8) is 0 Å². The summed E-state index contributed by atoms with van der Waals surface area (Å²) in [5.74, 6) is 3.00. The van der Waals surface area contributed by atoms with Crippen LogP contribution in [-0.2, 0) is 11.3 Å². The van der Waals surface area contributed by atoms with E-state index in [1.165, 1.54) is 25.7 Å². The van der Waals surface area contributed by atoms with Crippen LogP contribution in [0.25, 0.3) is 0 Å². The predicted molar refractivity (Wildman–Crippen MR) is 130 cm³/mol. The number of aliphatic hydroxyl groups is 2. The molecule has 4 aliphatic carbocycles. The zero-order valence-electron chi connectivity index (χ0n) is 20.5.